The van der Waals surface area contributed by atoms with Crippen LogP contribution in [0, 0.1) is 5.92 Å². The molecule has 1 amide bonds. The summed E-state index contributed by atoms with van der Waals surface area (Å²) < 4.78 is 5.18. The van der Waals surface area contributed by atoms with E-state index in [1.54, 1.807) is 21.0 Å². The van der Waals surface area contributed by atoms with Crippen LogP contribution >= 0.6 is 0 Å². The summed E-state index contributed by atoms with van der Waals surface area (Å²) in [5.41, 5.74) is 6.46. The summed E-state index contributed by atoms with van der Waals surface area (Å²) >= 11 is 0. The van der Waals surface area contributed by atoms with Gasteiger partial charge in [0, 0.05) is 13.1 Å². The number of likely N-dealkylation sites (tertiary alicyclic amines) is 1. The van der Waals surface area contributed by atoms with E-state index in [-0.39, 0.29) is 5.91 Å². The Labute approximate surface area is 127 Å². The van der Waals surface area contributed by atoms with Gasteiger partial charge in [0.2, 0.25) is 5.91 Å². The maximum absolute atomic E-state index is 12.1. The molecule has 0 aliphatic carbocycles. The summed E-state index contributed by atoms with van der Waals surface area (Å²) in [5, 5.41) is 0. The molecule has 0 unspecified atom stereocenters. The van der Waals surface area contributed by atoms with Gasteiger partial charge in [0.05, 0.1) is 12.6 Å². The van der Waals surface area contributed by atoms with Crippen LogP contribution in [0.1, 0.15) is 32.3 Å². The molecule has 0 spiro atoms. The van der Waals surface area contributed by atoms with Crippen molar-refractivity contribution in [1.82, 2.24) is 4.90 Å². The molecule has 0 radical (unpaired) electrons. The number of hydrogen-bond acceptors (Lipinski definition) is 3. The van der Waals surface area contributed by atoms with E-state index in [1.165, 1.54) is 5.56 Å². The molecule has 116 valence electrons. The topological polar surface area (TPSA) is 55.6 Å². The van der Waals surface area contributed by atoms with E-state index < -0.39 is 5.54 Å². The van der Waals surface area contributed by atoms with Crippen LogP contribution in [-0.2, 0) is 11.2 Å². The highest BCUT2D eigenvalue weighted by Crippen LogP contribution is 2.24. The SMILES string of the molecule is COc1ccc(CC2CCN(C(=O)C(C)(C)N)CC2)cc1. The van der Waals surface area contributed by atoms with Gasteiger partial charge < -0.3 is 15.4 Å². The molecule has 1 aromatic rings. The van der Waals surface area contributed by atoms with E-state index in [0.29, 0.717) is 5.92 Å². The zero-order valence-corrected chi connectivity index (χ0v) is 13.3. The molecule has 4 nitrogen and oxygen atoms in total. The minimum atomic E-state index is -0.761. The lowest BCUT2D eigenvalue weighted by Crippen LogP contribution is -2.53. The summed E-state index contributed by atoms with van der Waals surface area (Å²) in [7, 11) is 1.68. The van der Waals surface area contributed by atoms with Crippen LogP contribution in [0.4, 0.5) is 0 Å². The molecule has 0 atom stereocenters. The van der Waals surface area contributed by atoms with Crippen LogP contribution in [0.25, 0.3) is 0 Å². The lowest BCUT2D eigenvalue weighted by molar-refractivity contribution is -0.137. The van der Waals surface area contributed by atoms with E-state index in [9.17, 15) is 4.79 Å². The second kappa shape index (κ2) is 6.48. The fourth-order valence-electron chi connectivity index (χ4n) is 2.84. The molecule has 2 N–H and O–H groups in total. The molecule has 1 fully saturated rings. The Morgan fingerprint density at radius 2 is 1.86 bits per heavy atom. The first-order valence-corrected chi connectivity index (χ1v) is 7.61. The quantitative estimate of drug-likeness (QED) is 0.925. The van der Waals surface area contributed by atoms with Crippen molar-refractivity contribution >= 4 is 5.91 Å². The lowest BCUT2D eigenvalue weighted by Gasteiger charge is -2.35. The molecule has 1 aliphatic heterocycles. The highest BCUT2D eigenvalue weighted by molar-refractivity contribution is 5.85. The minimum absolute atomic E-state index is 0.0606. The van der Waals surface area contributed by atoms with Gasteiger partial charge in [-0.1, -0.05) is 12.1 Å². The predicted molar refractivity (Wildman–Crippen MR) is 84.3 cm³/mol. The van der Waals surface area contributed by atoms with Crippen LogP contribution in [0.3, 0.4) is 0 Å². The smallest absolute Gasteiger partial charge is 0.242 e. The van der Waals surface area contributed by atoms with E-state index in [0.717, 1.165) is 38.1 Å². The molecule has 2 rings (SSSR count). The number of rotatable bonds is 4. The summed E-state index contributed by atoms with van der Waals surface area (Å²) in [5.74, 6) is 1.60. The van der Waals surface area contributed by atoms with Crippen molar-refractivity contribution in [3.63, 3.8) is 0 Å². The Morgan fingerprint density at radius 3 is 2.33 bits per heavy atom. The number of hydrogen-bond donors (Lipinski definition) is 1. The van der Waals surface area contributed by atoms with Gasteiger partial charge in [0.15, 0.2) is 0 Å². The minimum Gasteiger partial charge on any atom is -0.497 e. The lowest BCUT2D eigenvalue weighted by atomic mass is 9.89. The Balaban J connectivity index is 1.85. The number of benzene rings is 1. The molecule has 1 aliphatic rings. The highest BCUT2D eigenvalue weighted by atomic mass is 16.5. The Bertz CT molecular complexity index is 469. The van der Waals surface area contributed by atoms with Gasteiger partial charge in [-0.3, -0.25) is 4.79 Å². The maximum Gasteiger partial charge on any atom is 0.242 e. The molecule has 0 saturated carbocycles. The zero-order valence-electron chi connectivity index (χ0n) is 13.3. The number of nitrogens with zero attached hydrogens (tertiary/aromatic N) is 1. The normalized spacial score (nSPS) is 16.9. The van der Waals surface area contributed by atoms with Crippen molar-refractivity contribution in [2.45, 2.75) is 38.6 Å². The number of methoxy groups -OCH3 is 1. The Morgan fingerprint density at radius 1 is 1.29 bits per heavy atom. The summed E-state index contributed by atoms with van der Waals surface area (Å²) in [6.45, 7) is 5.19. The standard InChI is InChI=1S/C17H26N2O2/c1-17(2,18)16(20)19-10-8-14(9-11-19)12-13-4-6-15(21-3)7-5-13/h4-7,14H,8-12,18H2,1-3H3. The van der Waals surface area contributed by atoms with Crippen molar-refractivity contribution in [1.29, 1.82) is 0 Å². The first-order valence-electron chi connectivity index (χ1n) is 7.61. The van der Waals surface area contributed by atoms with Gasteiger partial charge in [-0.2, -0.15) is 0 Å². The second-order valence-electron chi connectivity index (χ2n) is 6.51. The fraction of sp³-hybridized carbons (Fsp3) is 0.588. The molecule has 0 bridgehead atoms. The second-order valence-corrected chi connectivity index (χ2v) is 6.51. The third-order valence-corrected chi connectivity index (χ3v) is 4.14. The Kier molecular flexibility index (Phi) is 4.88. The van der Waals surface area contributed by atoms with Crippen molar-refractivity contribution in [3.05, 3.63) is 29.8 Å². The number of piperidine rings is 1. The van der Waals surface area contributed by atoms with Crippen molar-refractivity contribution in [3.8, 4) is 5.75 Å². The number of carbonyl (C=O) groups is 1. The first kappa shape index (κ1) is 15.8. The van der Waals surface area contributed by atoms with Crippen LogP contribution < -0.4 is 10.5 Å². The molecule has 21 heavy (non-hydrogen) atoms. The van der Waals surface area contributed by atoms with Crippen molar-refractivity contribution in [2.75, 3.05) is 20.2 Å². The number of carbonyl (C=O) groups excluding carboxylic acids is 1. The van der Waals surface area contributed by atoms with Gasteiger partial charge in [-0.25, -0.2) is 0 Å². The maximum atomic E-state index is 12.1. The van der Waals surface area contributed by atoms with Crippen LogP contribution in [-0.4, -0.2) is 36.5 Å². The molecule has 1 aromatic carbocycles. The monoisotopic (exact) mass is 290 g/mol. The van der Waals surface area contributed by atoms with Gasteiger partial charge >= 0.3 is 0 Å². The first-order chi connectivity index (χ1) is 9.90. The third kappa shape index (κ3) is 4.21. The van der Waals surface area contributed by atoms with Crippen LogP contribution in [0.5, 0.6) is 5.75 Å². The average Bonchev–Trinajstić information content (AvgIpc) is 2.47. The summed E-state index contributed by atoms with van der Waals surface area (Å²) in [4.78, 5) is 14.0. The van der Waals surface area contributed by atoms with E-state index in [2.05, 4.69) is 12.1 Å². The van der Waals surface area contributed by atoms with Gasteiger partial charge in [0.25, 0.3) is 0 Å². The summed E-state index contributed by atoms with van der Waals surface area (Å²) in [6, 6.07) is 8.26. The average molecular weight is 290 g/mol. The van der Waals surface area contributed by atoms with Crippen molar-refractivity contribution < 1.29 is 9.53 Å². The van der Waals surface area contributed by atoms with E-state index >= 15 is 0 Å². The largest absolute Gasteiger partial charge is 0.497 e. The number of amides is 1. The molecule has 1 saturated heterocycles. The fourth-order valence-corrected chi connectivity index (χ4v) is 2.84. The number of nitrogens with two attached hydrogens (primary N) is 1. The van der Waals surface area contributed by atoms with Gasteiger partial charge in [-0.15, -0.1) is 0 Å². The van der Waals surface area contributed by atoms with Gasteiger partial charge in [-0.05, 0) is 56.7 Å². The van der Waals surface area contributed by atoms with Crippen LogP contribution in [0.15, 0.2) is 24.3 Å². The van der Waals surface area contributed by atoms with Crippen molar-refractivity contribution in [2.24, 2.45) is 11.7 Å². The van der Waals surface area contributed by atoms with Gasteiger partial charge in [0.1, 0.15) is 5.75 Å². The van der Waals surface area contributed by atoms with E-state index in [4.69, 9.17) is 10.5 Å². The summed E-state index contributed by atoms with van der Waals surface area (Å²) in [6.07, 6.45) is 3.17. The molecule has 0 aromatic heterocycles. The van der Waals surface area contributed by atoms with Crippen LogP contribution in [0.2, 0.25) is 0 Å². The molecular formula is C17H26N2O2. The highest BCUT2D eigenvalue weighted by Gasteiger charge is 2.30. The molecule has 4 heteroatoms. The molecular weight excluding hydrogens is 264 g/mol. The van der Waals surface area contributed by atoms with E-state index in [1.807, 2.05) is 17.0 Å². The predicted octanol–water partition coefficient (Wildman–Crippen LogP) is 2.21. The Hall–Kier alpha value is -1.55. The zero-order chi connectivity index (χ0) is 15.5. The molecule has 1 heterocycles. The third-order valence-electron chi connectivity index (χ3n) is 4.14. The number of ether oxygens (including phenoxy) is 1.